The number of sulfonamides is 1. The Morgan fingerprint density at radius 2 is 1.86 bits per heavy atom. The van der Waals surface area contributed by atoms with E-state index >= 15 is 0 Å². The molecule has 21 heavy (non-hydrogen) atoms. The van der Waals surface area contributed by atoms with Crippen molar-refractivity contribution < 1.29 is 21.6 Å². The number of nitrogens with zero attached hydrogens (tertiary/aromatic N) is 1. The van der Waals surface area contributed by atoms with Gasteiger partial charge in [0, 0.05) is 17.8 Å². The van der Waals surface area contributed by atoms with Gasteiger partial charge in [0.1, 0.15) is 0 Å². The highest BCUT2D eigenvalue weighted by molar-refractivity contribution is 7.92. The minimum atomic E-state index is -4.48. The van der Waals surface area contributed by atoms with Crippen LogP contribution in [0.25, 0.3) is 0 Å². The van der Waals surface area contributed by atoms with Gasteiger partial charge in [0.25, 0.3) is 10.0 Å². The summed E-state index contributed by atoms with van der Waals surface area (Å²) in [5.41, 5.74) is 4.78. The van der Waals surface area contributed by atoms with Crippen LogP contribution in [0.4, 0.5) is 18.9 Å². The van der Waals surface area contributed by atoms with Crippen LogP contribution in [-0.2, 0) is 22.7 Å². The molecule has 0 saturated carbocycles. The molecule has 0 radical (unpaired) electrons. The van der Waals surface area contributed by atoms with Crippen LogP contribution in [0.15, 0.2) is 35.5 Å². The molecule has 114 valence electrons. The molecule has 0 amide bonds. The van der Waals surface area contributed by atoms with Crippen molar-refractivity contribution in [1.82, 2.24) is 10.2 Å². The largest absolute Gasteiger partial charge is 0.416 e. The summed E-state index contributed by atoms with van der Waals surface area (Å²) in [5, 5.41) is 5.65. The molecule has 1 aromatic heterocycles. The summed E-state index contributed by atoms with van der Waals surface area (Å²) in [7, 11) is -3.99. The van der Waals surface area contributed by atoms with Gasteiger partial charge in [-0.3, -0.25) is 9.82 Å². The van der Waals surface area contributed by atoms with Gasteiger partial charge < -0.3 is 5.73 Å². The molecule has 0 spiro atoms. The highest BCUT2D eigenvalue weighted by Gasteiger charge is 2.30. The smallest absolute Gasteiger partial charge is 0.326 e. The Bertz CT molecular complexity index is 723. The summed E-state index contributed by atoms with van der Waals surface area (Å²) in [6.07, 6.45) is -3.21. The maximum atomic E-state index is 12.4. The van der Waals surface area contributed by atoms with E-state index in [1.54, 1.807) is 0 Å². The van der Waals surface area contributed by atoms with Crippen molar-refractivity contribution in [1.29, 1.82) is 0 Å². The molecule has 0 aliphatic heterocycles. The molecule has 0 fully saturated rings. The minimum Gasteiger partial charge on any atom is -0.326 e. The fraction of sp³-hybridized carbons (Fsp3) is 0.182. The molecular formula is C11H11F3N4O2S. The van der Waals surface area contributed by atoms with E-state index in [9.17, 15) is 21.6 Å². The Hall–Kier alpha value is -2.07. The van der Waals surface area contributed by atoms with Crippen molar-refractivity contribution >= 4 is 15.7 Å². The number of anilines is 1. The Morgan fingerprint density at radius 1 is 1.24 bits per heavy atom. The van der Waals surface area contributed by atoms with Gasteiger partial charge >= 0.3 is 6.18 Å². The number of hydrogen-bond donors (Lipinski definition) is 3. The molecule has 1 heterocycles. The predicted octanol–water partition coefficient (Wildman–Crippen LogP) is 1.69. The maximum absolute atomic E-state index is 12.4. The maximum Gasteiger partial charge on any atom is 0.416 e. The van der Waals surface area contributed by atoms with Gasteiger partial charge in [-0.15, -0.1) is 0 Å². The van der Waals surface area contributed by atoms with Gasteiger partial charge in [-0.25, -0.2) is 0 Å². The van der Waals surface area contributed by atoms with Crippen LogP contribution >= 0.6 is 0 Å². The van der Waals surface area contributed by atoms with Crippen molar-refractivity contribution in [2.45, 2.75) is 17.7 Å². The summed E-state index contributed by atoms with van der Waals surface area (Å²) in [4.78, 5) is 0. The third-order valence-electron chi connectivity index (χ3n) is 2.63. The molecule has 1 aromatic carbocycles. The zero-order chi connectivity index (χ0) is 15.7. The van der Waals surface area contributed by atoms with Gasteiger partial charge in [-0.2, -0.15) is 26.7 Å². The van der Waals surface area contributed by atoms with Gasteiger partial charge in [0.05, 0.1) is 11.8 Å². The lowest BCUT2D eigenvalue weighted by Crippen LogP contribution is -2.16. The summed E-state index contributed by atoms with van der Waals surface area (Å²) < 4.78 is 63.5. The first-order valence-electron chi connectivity index (χ1n) is 5.66. The summed E-state index contributed by atoms with van der Waals surface area (Å²) >= 11 is 0. The fourth-order valence-electron chi connectivity index (χ4n) is 1.61. The molecular weight excluding hydrogens is 309 g/mol. The van der Waals surface area contributed by atoms with E-state index in [0.29, 0.717) is 0 Å². The number of aromatic amines is 1. The number of aromatic nitrogens is 2. The summed E-state index contributed by atoms with van der Waals surface area (Å²) in [6, 6.07) is 3.63. The van der Waals surface area contributed by atoms with Crippen LogP contribution in [0, 0.1) is 0 Å². The molecule has 2 rings (SSSR count). The summed E-state index contributed by atoms with van der Waals surface area (Å²) in [5.74, 6) is 0. The lowest BCUT2D eigenvalue weighted by molar-refractivity contribution is -0.137. The van der Waals surface area contributed by atoms with E-state index in [4.69, 9.17) is 5.73 Å². The number of nitrogens with one attached hydrogen (secondary N) is 2. The summed E-state index contributed by atoms with van der Waals surface area (Å²) in [6.45, 7) is -0.0419. The Balaban J connectivity index is 2.25. The number of halogens is 3. The van der Waals surface area contributed by atoms with Crippen LogP contribution in [0.2, 0.25) is 0 Å². The van der Waals surface area contributed by atoms with Crippen LogP contribution < -0.4 is 10.5 Å². The van der Waals surface area contributed by atoms with Crippen molar-refractivity contribution in [3.8, 4) is 0 Å². The number of rotatable bonds is 4. The lowest BCUT2D eigenvalue weighted by Gasteiger charge is -2.10. The zero-order valence-corrected chi connectivity index (χ0v) is 11.3. The van der Waals surface area contributed by atoms with Crippen molar-refractivity contribution in [3.05, 3.63) is 41.6 Å². The quantitative estimate of drug-likeness (QED) is 0.798. The standard InChI is InChI=1S/C11H11F3N4O2S/c12-11(13,14)8-1-3-9(4-2-8)18-21(19,20)10-7(5-15)6-16-17-10/h1-4,6,18H,5,15H2,(H,16,17). The molecule has 6 nitrogen and oxygen atoms in total. The van der Waals surface area contributed by atoms with Crippen LogP contribution in [0.1, 0.15) is 11.1 Å². The normalized spacial score (nSPS) is 12.4. The number of hydrogen-bond acceptors (Lipinski definition) is 4. The van der Waals surface area contributed by atoms with E-state index in [-0.39, 0.29) is 22.8 Å². The van der Waals surface area contributed by atoms with Gasteiger partial charge in [0.2, 0.25) is 0 Å². The highest BCUT2D eigenvalue weighted by Crippen LogP contribution is 2.30. The Kier molecular flexibility index (Phi) is 3.92. The predicted molar refractivity (Wildman–Crippen MR) is 68.7 cm³/mol. The topological polar surface area (TPSA) is 101 Å². The van der Waals surface area contributed by atoms with Crippen molar-refractivity contribution in [2.24, 2.45) is 5.73 Å². The second-order valence-electron chi connectivity index (χ2n) is 4.11. The number of H-pyrrole nitrogens is 1. The van der Waals surface area contributed by atoms with E-state index in [2.05, 4.69) is 14.9 Å². The third kappa shape index (κ3) is 3.34. The van der Waals surface area contributed by atoms with Crippen molar-refractivity contribution in [2.75, 3.05) is 4.72 Å². The first-order valence-corrected chi connectivity index (χ1v) is 7.15. The molecule has 0 bridgehead atoms. The molecule has 0 saturated heterocycles. The van der Waals surface area contributed by atoms with Crippen LogP contribution in [0.3, 0.4) is 0 Å². The first-order chi connectivity index (χ1) is 9.74. The molecule has 10 heteroatoms. The number of benzene rings is 1. The zero-order valence-electron chi connectivity index (χ0n) is 10.5. The molecule has 0 atom stereocenters. The molecule has 0 aliphatic carbocycles. The first kappa shape index (κ1) is 15.3. The molecule has 4 N–H and O–H groups in total. The van der Waals surface area contributed by atoms with E-state index in [0.717, 1.165) is 24.3 Å². The van der Waals surface area contributed by atoms with E-state index < -0.39 is 21.8 Å². The van der Waals surface area contributed by atoms with Gasteiger partial charge in [-0.1, -0.05) is 0 Å². The van der Waals surface area contributed by atoms with Crippen LogP contribution in [0.5, 0.6) is 0 Å². The molecule has 0 unspecified atom stereocenters. The molecule has 0 aliphatic rings. The Morgan fingerprint density at radius 3 is 2.38 bits per heavy atom. The monoisotopic (exact) mass is 320 g/mol. The minimum absolute atomic E-state index is 0.000529. The Labute approximate surface area is 118 Å². The fourth-order valence-corrected chi connectivity index (χ4v) is 2.81. The van der Waals surface area contributed by atoms with E-state index in [1.807, 2.05) is 0 Å². The second kappa shape index (κ2) is 5.37. The average Bonchev–Trinajstić information content (AvgIpc) is 2.87. The SMILES string of the molecule is NCc1cn[nH]c1S(=O)(=O)Nc1ccc(C(F)(F)F)cc1. The van der Waals surface area contributed by atoms with Crippen LogP contribution in [-0.4, -0.2) is 18.6 Å². The number of alkyl halides is 3. The number of nitrogens with two attached hydrogens (primary N) is 1. The van der Waals surface area contributed by atoms with E-state index in [1.165, 1.54) is 6.20 Å². The highest BCUT2D eigenvalue weighted by atomic mass is 32.2. The average molecular weight is 320 g/mol. The third-order valence-corrected chi connectivity index (χ3v) is 4.03. The lowest BCUT2D eigenvalue weighted by atomic mass is 10.2. The van der Waals surface area contributed by atoms with Crippen molar-refractivity contribution in [3.63, 3.8) is 0 Å². The van der Waals surface area contributed by atoms with Gasteiger partial charge in [0.15, 0.2) is 5.03 Å². The molecule has 2 aromatic rings. The van der Waals surface area contributed by atoms with Gasteiger partial charge in [-0.05, 0) is 24.3 Å². The second-order valence-corrected chi connectivity index (χ2v) is 5.73.